The van der Waals surface area contributed by atoms with Gasteiger partial charge in [0, 0.05) is 6.54 Å². The quantitative estimate of drug-likeness (QED) is 0.486. The van der Waals surface area contributed by atoms with Crippen LogP contribution in [0.5, 0.6) is 0 Å². The fourth-order valence-corrected chi connectivity index (χ4v) is 0.741. The van der Waals surface area contributed by atoms with Crippen LogP contribution in [0.15, 0.2) is 0 Å². The average Bonchev–Trinajstić information content (AvgIpc) is 1.88. The van der Waals surface area contributed by atoms with Crippen molar-refractivity contribution in [2.24, 2.45) is 23.3 Å². The zero-order valence-corrected chi connectivity index (χ0v) is 6.08. The summed E-state index contributed by atoms with van der Waals surface area (Å²) in [6.45, 7) is 2.31. The number of carboxylic acid groups (broad SMARTS) is 1. The van der Waals surface area contributed by atoms with Crippen LogP contribution in [0.3, 0.4) is 0 Å². The first kappa shape index (κ1) is 9.39. The van der Waals surface area contributed by atoms with E-state index in [2.05, 4.69) is 0 Å². The number of carboxylic acids is 1. The highest BCUT2D eigenvalue weighted by Crippen LogP contribution is 2.07. The minimum atomic E-state index is -0.861. The summed E-state index contributed by atoms with van der Waals surface area (Å²) >= 11 is 0. The summed E-state index contributed by atoms with van der Waals surface area (Å²) in [6, 6.07) is 0. The molecule has 10 heavy (non-hydrogen) atoms. The van der Waals surface area contributed by atoms with Gasteiger partial charge in [0.1, 0.15) is 0 Å². The van der Waals surface area contributed by atoms with Crippen molar-refractivity contribution in [1.29, 1.82) is 0 Å². The summed E-state index contributed by atoms with van der Waals surface area (Å²) in [5.41, 5.74) is 10.5. The van der Waals surface area contributed by atoms with Crippen molar-refractivity contribution in [3.05, 3.63) is 0 Å². The smallest absolute Gasteiger partial charge is 0.308 e. The molecule has 0 bridgehead atoms. The summed E-state index contributed by atoms with van der Waals surface area (Å²) in [4.78, 5) is 10.4. The molecule has 0 aliphatic rings. The predicted octanol–water partition coefficient (Wildman–Crippen LogP) is -0.759. The first-order valence-corrected chi connectivity index (χ1v) is 3.26. The van der Waals surface area contributed by atoms with E-state index in [1.54, 1.807) is 6.92 Å². The Hall–Kier alpha value is -0.610. The molecule has 0 spiro atoms. The fourth-order valence-electron chi connectivity index (χ4n) is 0.741. The number of nitrogens with two attached hydrogens (primary N) is 2. The molecule has 0 saturated carbocycles. The Morgan fingerprint density at radius 3 is 2.10 bits per heavy atom. The van der Waals surface area contributed by atoms with E-state index in [1.165, 1.54) is 0 Å². The Morgan fingerprint density at radius 1 is 1.50 bits per heavy atom. The Balaban J connectivity index is 3.92. The molecule has 0 aliphatic heterocycles. The van der Waals surface area contributed by atoms with Crippen LogP contribution in [0, 0.1) is 11.8 Å². The van der Waals surface area contributed by atoms with Crippen molar-refractivity contribution in [2.75, 3.05) is 13.1 Å². The van der Waals surface area contributed by atoms with Gasteiger partial charge in [0.25, 0.3) is 0 Å². The Kier molecular flexibility index (Phi) is 3.99. The molecule has 4 heteroatoms. The van der Waals surface area contributed by atoms with Crippen LogP contribution >= 0.6 is 0 Å². The second-order valence-corrected chi connectivity index (χ2v) is 2.39. The monoisotopic (exact) mass is 146 g/mol. The number of aliphatic carboxylic acids is 1. The summed E-state index contributed by atoms with van der Waals surface area (Å²) in [7, 11) is 0. The van der Waals surface area contributed by atoms with Crippen LogP contribution in [-0.2, 0) is 4.79 Å². The molecule has 60 valence electrons. The molecule has 0 amide bonds. The molecule has 0 rings (SSSR count). The van der Waals surface area contributed by atoms with Crippen LogP contribution in [0.4, 0.5) is 0 Å². The van der Waals surface area contributed by atoms with Crippen LogP contribution in [0.25, 0.3) is 0 Å². The van der Waals surface area contributed by atoms with Gasteiger partial charge in [-0.25, -0.2) is 0 Å². The van der Waals surface area contributed by atoms with E-state index in [-0.39, 0.29) is 12.5 Å². The summed E-state index contributed by atoms with van der Waals surface area (Å²) in [5, 5.41) is 8.54. The molecule has 0 heterocycles. The molecule has 0 aliphatic carbocycles. The minimum Gasteiger partial charge on any atom is -0.481 e. The summed E-state index contributed by atoms with van der Waals surface area (Å²) in [6.07, 6.45) is 0. The zero-order chi connectivity index (χ0) is 8.15. The van der Waals surface area contributed by atoms with Gasteiger partial charge in [0.05, 0.1) is 5.92 Å². The maximum absolute atomic E-state index is 10.4. The van der Waals surface area contributed by atoms with Gasteiger partial charge in [-0.2, -0.15) is 0 Å². The lowest BCUT2D eigenvalue weighted by atomic mass is 9.95. The molecule has 0 saturated heterocycles. The third-order valence-corrected chi connectivity index (χ3v) is 1.63. The van der Waals surface area contributed by atoms with Gasteiger partial charge in [-0.15, -0.1) is 0 Å². The van der Waals surface area contributed by atoms with Crippen LogP contribution in [0.2, 0.25) is 0 Å². The van der Waals surface area contributed by atoms with Gasteiger partial charge in [-0.3, -0.25) is 4.79 Å². The molecule has 0 aromatic rings. The largest absolute Gasteiger partial charge is 0.481 e. The molecular weight excluding hydrogens is 132 g/mol. The molecule has 0 aromatic carbocycles. The number of hydrogen-bond donors (Lipinski definition) is 3. The van der Waals surface area contributed by atoms with Crippen molar-refractivity contribution in [3.8, 4) is 0 Å². The van der Waals surface area contributed by atoms with Crippen LogP contribution in [-0.4, -0.2) is 24.2 Å². The van der Waals surface area contributed by atoms with Gasteiger partial charge < -0.3 is 16.6 Å². The minimum absolute atomic E-state index is 0.0394. The summed E-state index contributed by atoms with van der Waals surface area (Å²) < 4.78 is 0. The Morgan fingerprint density at radius 2 is 2.00 bits per heavy atom. The number of carbonyl (C=O) groups is 1. The number of rotatable bonds is 4. The van der Waals surface area contributed by atoms with E-state index < -0.39 is 11.9 Å². The van der Waals surface area contributed by atoms with E-state index in [9.17, 15) is 4.79 Å². The maximum atomic E-state index is 10.4. The maximum Gasteiger partial charge on any atom is 0.308 e. The van der Waals surface area contributed by atoms with Crippen LogP contribution in [0.1, 0.15) is 6.92 Å². The Labute approximate surface area is 60.2 Å². The molecule has 0 aromatic heterocycles. The normalized spacial score (nSPS) is 16.3. The highest BCUT2D eigenvalue weighted by Gasteiger charge is 2.21. The highest BCUT2D eigenvalue weighted by atomic mass is 16.4. The fraction of sp³-hybridized carbons (Fsp3) is 0.833. The van der Waals surface area contributed by atoms with E-state index >= 15 is 0 Å². The zero-order valence-electron chi connectivity index (χ0n) is 6.08. The lowest BCUT2D eigenvalue weighted by Crippen LogP contribution is -2.33. The van der Waals surface area contributed by atoms with E-state index in [0.29, 0.717) is 6.54 Å². The van der Waals surface area contributed by atoms with E-state index in [1.807, 2.05) is 0 Å². The first-order chi connectivity index (χ1) is 4.63. The van der Waals surface area contributed by atoms with Crippen molar-refractivity contribution in [3.63, 3.8) is 0 Å². The second-order valence-electron chi connectivity index (χ2n) is 2.39. The molecule has 0 unspecified atom stereocenters. The van der Waals surface area contributed by atoms with Crippen LogP contribution < -0.4 is 11.5 Å². The second kappa shape index (κ2) is 4.24. The SMILES string of the molecule is C[C@@H](CN)[C@@H](CN)C(=O)O. The van der Waals surface area contributed by atoms with Crippen molar-refractivity contribution >= 4 is 5.97 Å². The topological polar surface area (TPSA) is 89.3 Å². The van der Waals surface area contributed by atoms with E-state index in [0.717, 1.165) is 0 Å². The molecule has 5 N–H and O–H groups in total. The third kappa shape index (κ3) is 2.33. The lowest BCUT2D eigenvalue weighted by Gasteiger charge is -2.15. The average molecular weight is 146 g/mol. The third-order valence-electron chi connectivity index (χ3n) is 1.63. The van der Waals surface area contributed by atoms with Gasteiger partial charge in [-0.05, 0) is 12.5 Å². The highest BCUT2D eigenvalue weighted by molar-refractivity contribution is 5.70. The van der Waals surface area contributed by atoms with Gasteiger partial charge in [0.2, 0.25) is 0 Å². The lowest BCUT2D eigenvalue weighted by molar-refractivity contribution is -0.142. The summed E-state index contributed by atoms with van der Waals surface area (Å²) in [5.74, 6) is -1.40. The molecular formula is C6H14N2O2. The molecule has 4 nitrogen and oxygen atoms in total. The first-order valence-electron chi connectivity index (χ1n) is 3.26. The van der Waals surface area contributed by atoms with Crippen molar-refractivity contribution < 1.29 is 9.90 Å². The molecule has 0 radical (unpaired) electrons. The predicted molar refractivity (Wildman–Crippen MR) is 38.4 cm³/mol. The van der Waals surface area contributed by atoms with E-state index in [4.69, 9.17) is 16.6 Å². The van der Waals surface area contributed by atoms with Gasteiger partial charge in [-0.1, -0.05) is 6.92 Å². The van der Waals surface area contributed by atoms with Gasteiger partial charge in [0.15, 0.2) is 0 Å². The van der Waals surface area contributed by atoms with Crippen molar-refractivity contribution in [2.45, 2.75) is 6.92 Å². The Bertz CT molecular complexity index is 116. The number of hydrogen-bond acceptors (Lipinski definition) is 3. The molecule has 2 atom stereocenters. The molecule has 0 fully saturated rings. The van der Waals surface area contributed by atoms with Gasteiger partial charge >= 0.3 is 5.97 Å². The van der Waals surface area contributed by atoms with Crippen molar-refractivity contribution in [1.82, 2.24) is 0 Å². The standard InChI is InChI=1S/C6H14N2O2/c1-4(2-7)5(3-8)6(9)10/h4-5H,2-3,7-8H2,1H3,(H,9,10)/t4-,5+/m0/s1.